The Hall–Kier alpha value is -1.36. The molecule has 0 spiro atoms. The van der Waals surface area contributed by atoms with Crippen molar-refractivity contribution >= 4 is 5.91 Å². The molecule has 1 amide bonds. The fourth-order valence-electron chi connectivity index (χ4n) is 2.42. The molecule has 0 unspecified atom stereocenters. The van der Waals surface area contributed by atoms with E-state index < -0.39 is 0 Å². The Morgan fingerprint density at radius 3 is 2.89 bits per heavy atom. The number of piperidine rings is 1. The number of carbonyl (C=O) groups excluding carboxylic acids is 1. The quantitative estimate of drug-likeness (QED) is 0.878. The zero-order valence-electron chi connectivity index (χ0n) is 11.3. The number of hydrogen-bond acceptors (Lipinski definition) is 4. The second kappa shape index (κ2) is 5.52. The van der Waals surface area contributed by atoms with Crippen molar-refractivity contribution in [3.8, 4) is 0 Å². The normalized spacial score (nSPS) is 19.8. The number of amides is 1. The molecule has 0 saturated carbocycles. The summed E-state index contributed by atoms with van der Waals surface area (Å²) >= 11 is 0. The zero-order chi connectivity index (χ0) is 13.1. The summed E-state index contributed by atoms with van der Waals surface area (Å²) in [5.41, 5.74) is 1.89. The van der Waals surface area contributed by atoms with Gasteiger partial charge in [-0.25, -0.2) is 0 Å². The Kier molecular flexibility index (Phi) is 4.01. The lowest BCUT2D eigenvalue weighted by molar-refractivity contribution is -0.135. The third-order valence-corrected chi connectivity index (χ3v) is 3.60. The SMILES string of the molecule is Cc1noc(C)c1CN(C)C(=O)[C@H]1CCCNC1. The van der Waals surface area contributed by atoms with Gasteiger partial charge in [-0.15, -0.1) is 0 Å². The largest absolute Gasteiger partial charge is 0.361 e. The highest BCUT2D eigenvalue weighted by atomic mass is 16.5. The third-order valence-electron chi connectivity index (χ3n) is 3.60. The van der Waals surface area contributed by atoms with Gasteiger partial charge in [0.2, 0.25) is 5.91 Å². The van der Waals surface area contributed by atoms with E-state index in [1.165, 1.54) is 0 Å². The van der Waals surface area contributed by atoms with Crippen molar-refractivity contribution in [3.05, 3.63) is 17.0 Å². The molecule has 1 N–H and O–H groups in total. The van der Waals surface area contributed by atoms with E-state index in [0.29, 0.717) is 6.54 Å². The standard InChI is InChI=1S/C13H21N3O2/c1-9-12(10(2)18-15-9)8-16(3)13(17)11-5-4-6-14-7-11/h11,14H,4-8H2,1-3H3/t11-/m0/s1. The highest BCUT2D eigenvalue weighted by Gasteiger charge is 2.25. The zero-order valence-corrected chi connectivity index (χ0v) is 11.3. The first kappa shape index (κ1) is 13.1. The topological polar surface area (TPSA) is 58.4 Å². The van der Waals surface area contributed by atoms with Gasteiger partial charge in [-0.3, -0.25) is 4.79 Å². The lowest BCUT2D eigenvalue weighted by Crippen LogP contribution is -2.41. The number of rotatable bonds is 3. The van der Waals surface area contributed by atoms with E-state index in [2.05, 4.69) is 10.5 Å². The van der Waals surface area contributed by atoms with Crippen LogP contribution in [0.25, 0.3) is 0 Å². The molecule has 1 fully saturated rings. The van der Waals surface area contributed by atoms with Crippen molar-refractivity contribution in [2.45, 2.75) is 33.2 Å². The monoisotopic (exact) mass is 251 g/mol. The van der Waals surface area contributed by atoms with E-state index in [1.54, 1.807) is 4.90 Å². The van der Waals surface area contributed by atoms with Gasteiger partial charge >= 0.3 is 0 Å². The fraction of sp³-hybridized carbons (Fsp3) is 0.692. The summed E-state index contributed by atoms with van der Waals surface area (Å²) in [5.74, 6) is 1.13. The minimum absolute atomic E-state index is 0.115. The van der Waals surface area contributed by atoms with Crippen LogP contribution in [0.3, 0.4) is 0 Å². The van der Waals surface area contributed by atoms with Gasteiger partial charge in [0, 0.05) is 19.2 Å². The van der Waals surface area contributed by atoms with Gasteiger partial charge in [0.15, 0.2) is 0 Å². The molecule has 5 heteroatoms. The maximum atomic E-state index is 12.3. The first-order valence-corrected chi connectivity index (χ1v) is 6.47. The Morgan fingerprint density at radius 2 is 2.33 bits per heavy atom. The van der Waals surface area contributed by atoms with Gasteiger partial charge in [-0.05, 0) is 33.2 Å². The van der Waals surface area contributed by atoms with Crippen molar-refractivity contribution in [1.82, 2.24) is 15.4 Å². The molecular weight excluding hydrogens is 230 g/mol. The number of nitrogens with zero attached hydrogens (tertiary/aromatic N) is 2. The van der Waals surface area contributed by atoms with Gasteiger partial charge in [0.1, 0.15) is 5.76 Å². The van der Waals surface area contributed by atoms with Crippen molar-refractivity contribution < 1.29 is 9.32 Å². The molecular formula is C13H21N3O2. The summed E-state index contributed by atoms with van der Waals surface area (Å²) in [6.07, 6.45) is 2.06. The number of hydrogen-bond donors (Lipinski definition) is 1. The Bertz CT molecular complexity index is 402. The van der Waals surface area contributed by atoms with E-state index in [1.807, 2.05) is 20.9 Å². The molecule has 2 heterocycles. The fourth-order valence-corrected chi connectivity index (χ4v) is 2.42. The number of carbonyl (C=O) groups is 1. The molecule has 1 aliphatic heterocycles. The maximum Gasteiger partial charge on any atom is 0.227 e. The highest BCUT2D eigenvalue weighted by Crippen LogP contribution is 2.18. The number of aromatic nitrogens is 1. The van der Waals surface area contributed by atoms with Crippen LogP contribution >= 0.6 is 0 Å². The maximum absolute atomic E-state index is 12.3. The van der Waals surface area contributed by atoms with Crippen LogP contribution in [-0.4, -0.2) is 36.1 Å². The minimum atomic E-state index is 0.115. The summed E-state index contributed by atoms with van der Waals surface area (Å²) in [4.78, 5) is 14.1. The molecule has 18 heavy (non-hydrogen) atoms. The van der Waals surface area contributed by atoms with Crippen LogP contribution in [0.1, 0.15) is 29.9 Å². The molecule has 5 nitrogen and oxygen atoms in total. The first-order valence-electron chi connectivity index (χ1n) is 6.47. The Labute approximate surface area is 108 Å². The highest BCUT2D eigenvalue weighted by molar-refractivity contribution is 5.79. The molecule has 1 aliphatic rings. The minimum Gasteiger partial charge on any atom is -0.361 e. The van der Waals surface area contributed by atoms with Crippen LogP contribution < -0.4 is 5.32 Å². The lowest BCUT2D eigenvalue weighted by atomic mass is 9.98. The predicted molar refractivity (Wildman–Crippen MR) is 68.0 cm³/mol. The molecule has 1 atom stereocenters. The summed E-state index contributed by atoms with van der Waals surface area (Å²) < 4.78 is 5.12. The average molecular weight is 251 g/mol. The summed E-state index contributed by atoms with van der Waals surface area (Å²) in [6.45, 7) is 6.20. The second-order valence-corrected chi connectivity index (χ2v) is 5.04. The Morgan fingerprint density at radius 1 is 1.56 bits per heavy atom. The molecule has 100 valence electrons. The summed E-state index contributed by atoms with van der Waals surface area (Å²) in [7, 11) is 1.85. The van der Waals surface area contributed by atoms with Crippen molar-refractivity contribution in [2.24, 2.45) is 5.92 Å². The number of aryl methyl sites for hydroxylation is 2. The van der Waals surface area contributed by atoms with E-state index >= 15 is 0 Å². The number of nitrogens with one attached hydrogen (secondary N) is 1. The van der Waals surface area contributed by atoms with Crippen LogP contribution in [0.15, 0.2) is 4.52 Å². The van der Waals surface area contributed by atoms with Crippen molar-refractivity contribution in [2.75, 3.05) is 20.1 Å². The molecule has 0 aromatic carbocycles. The van der Waals surface area contributed by atoms with Crippen LogP contribution in [0, 0.1) is 19.8 Å². The first-order chi connectivity index (χ1) is 8.59. The molecule has 0 bridgehead atoms. The Balaban J connectivity index is 1.98. The molecule has 0 radical (unpaired) electrons. The van der Waals surface area contributed by atoms with E-state index in [0.717, 1.165) is 42.9 Å². The van der Waals surface area contributed by atoms with Gasteiger partial charge in [0.05, 0.1) is 18.2 Å². The molecule has 2 rings (SSSR count). The van der Waals surface area contributed by atoms with Gasteiger partial charge in [-0.2, -0.15) is 0 Å². The van der Waals surface area contributed by atoms with Gasteiger partial charge < -0.3 is 14.7 Å². The van der Waals surface area contributed by atoms with E-state index in [-0.39, 0.29) is 11.8 Å². The van der Waals surface area contributed by atoms with E-state index in [9.17, 15) is 4.79 Å². The van der Waals surface area contributed by atoms with Crippen LogP contribution in [0.2, 0.25) is 0 Å². The third kappa shape index (κ3) is 2.72. The molecule has 1 aromatic rings. The molecule has 0 aliphatic carbocycles. The predicted octanol–water partition coefficient (Wildman–Crippen LogP) is 1.25. The van der Waals surface area contributed by atoms with Gasteiger partial charge in [-0.1, -0.05) is 5.16 Å². The van der Waals surface area contributed by atoms with Gasteiger partial charge in [0.25, 0.3) is 0 Å². The van der Waals surface area contributed by atoms with Crippen molar-refractivity contribution in [3.63, 3.8) is 0 Å². The smallest absolute Gasteiger partial charge is 0.227 e. The van der Waals surface area contributed by atoms with Crippen LogP contribution in [-0.2, 0) is 11.3 Å². The van der Waals surface area contributed by atoms with Crippen LogP contribution in [0.4, 0.5) is 0 Å². The molecule has 1 aromatic heterocycles. The molecule has 1 saturated heterocycles. The van der Waals surface area contributed by atoms with E-state index in [4.69, 9.17) is 4.52 Å². The summed E-state index contributed by atoms with van der Waals surface area (Å²) in [6, 6.07) is 0. The van der Waals surface area contributed by atoms with Crippen molar-refractivity contribution in [1.29, 1.82) is 0 Å². The summed E-state index contributed by atoms with van der Waals surface area (Å²) in [5, 5.41) is 7.19. The van der Waals surface area contributed by atoms with Crippen LogP contribution in [0.5, 0.6) is 0 Å². The second-order valence-electron chi connectivity index (χ2n) is 5.04. The lowest BCUT2D eigenvalue weighted by Gasteiger charge is -2.27. The average Bonchev–Trinajstić information content (AvgIpc) is 2.70.